The summed E-state index contributed by atoms with van der Waals surface area (Å²) in [6, 6.07) is 6.16. The number of nitrogens with zero attached hydrogens (tertiary/aromatic N) is 3. The first-order valence-electron chi connectivity index (χ1n) is 6.88. The van der Waals surface area contributed by atoms with E-state index in [4.69, 9.17) is 11.6 Å². The number of thioether (sulfide) groups is 1. The maximum Gasteiger partial charge on any atom is 0.294 e. The lowest BCUT2D eigenvalue weighted by Crippen LogP contribution is -2.33. The maximum absolute atomic E-state index is 12.2. The Morgan fingerprint density at radius 2 is 1.88 bits per heavy atom. The predicted molar refractivity (Wildman–Crippen MR) is 90.1 cm³/mol. The van der Waals surface area contributed by atoms with Gasteiger partial charge in [-0.15, -0.1) is 10.2 Å². The van der Waals surface area contributed by atoms with Crippen molar-refractivity contribution in [2.45, 2.75) is 24.3 Å². The molecule has 1 atom stereocenters. The van der Waals surface area contributed by atoms with E-state index in [2.05, 4.69) is 15.5 Å². The number of nitrogens with one attached hydrogen (secondary N) is 1. The Labute approximate surface area is 141 Å². The van der Waals surface area contributed by atoms with Crippen LogP contribution in [-0.2, 0) is 4.79 Å². The topological polar surface area (TPSA) is 146 Å². The third-order valence-electron chi connectivity index (χ3n) is 3.11. The lowest BCUT2D eigenvalue weighted by Gasteiger charge is -2.13. The number of nitrogen functional groups attached to an aromatic ring is 1. The number of hydrogen-bond acceptors (Lipinski definition) is 7. The van der Waals surface area contributed by atoms with Gasteiger partial charge in [0.15, 0.2) is 0 Å². The molecule has 9 nitrogen and oxygen atoms in total. The monoisotopic (exact) mass is 348 g/mol. The van der Waals surface area contributed by atoms with Crippen LogP contribution in [-0.4, -0.2) is 31.9 Å². The van der Waals surface area contributed by atoms with Gasteiger partial charge in [-0.05, 0) is 38.1 Å². The number of carbonyl (C=O) groups is 2. The molecule has 0 spiro atoms. The predicted octanol–water partition coefficient (Wildman–Crippen LogP) is -0.121. The number of anilines is 1. The number of primary amides is 1. The average molecular weight is 348 g/mol. The normalized spacial score (nSPS) is 11.8. The molecule has 1 aromatic carbocycles. The van der Waals surface area contributed by atoms with Gasteiger partial charge in [-0.1, -0.05) is 11.8 Å². The molecular formula is C14H16N6O3S. The molecule has 0 bridgehead atoms. The lowest BCUT2D eigenvalue weighted by molar-refractivity contribution is -0.115. The minimum absolute atomic E-state index is 0.136. The van der Waals surface area contributed by atoms with Crippen LogP contribution in [0.25, 0.3) is 0 Å². The molecule has 0 unspecified atom stereocenters. The Hall–Kier alpha value is -2.88. The molecule has 1 heterocycles. The van der Waals surface area contributed by atoms with Crippen molar-refractivity contribution in [3.63, 3.8) is 0 Å². The molecule has 24 heavy (non-hydrogen) atoms. The first-order valence-corrected chi connectivity index (χ1v) is 7.76. The Morgan fingerprint density at radius 1 is 1.25 bits per heavy atom. The molecule has 0 fully saturated rings. The SMILES string of the molecule is Cc1nnc(S[C@@H](C)C(=O)Nc2ccc(C(N)=O)cc2)n(N)c1=O. The number of nitrogens with two attached hydrogens (primary N) is 2. The van der Waals surface area contributed by atoms with Crippen molar-refractivity contribution in [3.05, 3.63) is 45.9 Å². The van der Waals surface area contributed by atoms with Crippen molar-refractivity contribution < 1.29 is 9.59 Å². The zero-order valence-electron chi connectivity index (χ0n) is 13.0. The molecule has 126 valence electrons. The number of aromatic nitrogens is 3. The van der Waals surface area contributed by atoms with Crippen molar-refractivity contribution in [1.82, 2.24) is 14.9 Å². The van der Waals surface area contributed by atoms with Gasteiger partial charge in [0, 0.05) is 11.3 Å². The van der Waals surface area contributed by atoms with E-state index >= 15 is 0 Å². The Morgan fingerprint density at radius 3 is 2.46 bits per heavy atom. The molecule has 1 aromatic heterocycles. The van der Waals surface area contributed by atoms with Gasteiger partial charge in [-0.3, -0.25) is 14.4 Å². The van der Waals surface area contributed by atoms with Crippen LogP contribution >= 0.6 is 11.8 Å². The largest absolute Gasteiger partial charge is 0.366 e. The quantitative estimate of drug-likeness (QED) is 0.504. The third kappa shape index (κ3) is 3.90. The van der Waals surface area contributed by atoms with E-state index in [0.717, 1.165) is 16.4 Å². The zero-order valence-corrected chi connectivity index (χ0v) is 13.8. The van der Waals surface area contributed by atoms with Crippen molar-refractivity contribution in [3.8, 4) is 0 Å². The summed E-state index contributed by atoms with van der Waals surface area (Å²) in [6.45, 7) is 3.14. The summed E-state index contributed by atoms with van der Waals surface area (Å²) in [6.07, 6.45) is 0. The number of aryl methyl sites for hydroxylation is 1. The highest BCUT2D eigenvalue weighted by atomic mass is 32.2. The molecule has 0 saturated heterocycles. The number of carbonyl (C=O) groups excluding carboxylic acids is 2. The summed E-state index contributed by atoms with van der Waals surface area (Å²) in [5.41, 5.74) is 5.71. The summed E-state index contributed by atoms with van der Waals surface area (Å²) in [7, 11) is 0. The van der Waals surface area contributed by atoms with Crippen LogP contribution in [0.2, 0.25) is 0 Å². The van der Waals surface area contributed by atoms with Gasteiger partial charge in [0.05, 0.1) is 5.25 Å². The molecule has 0 aliphatic carbocycles. The van der Waals surface area contributed by atoms with E-state index in [1.54, 1.807) is 19.1 Å². The van der Waals surface area contributed by atoms with Crippen molar-refractivity contribution in [2.75, 3.05) is 11.2 Å². The number of amides is 2. The summed E-state index contributed by atoms with van der Waals surface area (Å²) < 4.78 is 0.860. The van der Waals surface area contributed by atoms with Gasteiger partial charge >= 0.3 is 0 Å². The van der Waals surface area contributed by atoms with Gasteiger partial charge in [0.2, 0.25) is 17.0 Å². The van der Waals surface area contributed by atoms with E-state index in [-0.39, 0.29) is 16.8 Å². The van der Waals surface area contributed by atoms with Crippen LogP contribution in [0.15, 0.2) is 34.2 Å². The highest BCUT2D eigenvalue weighted by Gasteiger charge is 2.18. The number of rotatable bonds is 5. The zero-order chi connectivity index (χ0) is 17.9. The molecule has 0 aliphatic rings. The Bertz CT molecular complexity index is 833. The third-order valence-corrected chi connectivity index (χ3v) is 4.17. The van der Waals surface area contributed by atoms with Gasteiger partial charge in [0.25, 0.3) is 5.56 Å². The fraction of sp³-hybridized carbons (Fsp3) is 0.214. The second-order valence-corrected chi connectivity index (χ2v) is 6.24. The summed E-state index contributed by atoms with van der Waals surface area (Å²) >= 11 is 1.01. The van der Waals surface area contributed by atoms with Crippen LogP contribution in [0.3, 0.4) is 0 Å². The summed E-state index contributed by atoms with van der Waals surface area (Å²) in [5.74, 6) is 4.77. The first-order chi connectivity index (χ1) is 11.3. The van der Waals surface area contributed by atoms with E-state index in [0.29, 0.717) is 11.3 Å². The van der Waals surface area contributed by atoms with Gasteiger partial charge in [-0.2, -0.15) is 4.68 Å². The van der Waals surface area contributed by atoms with Crippen LogP contribution in [0.4, 0.5) is 5.69 Å². The molecule has 5 N–H and O–H groups in total. The molecule has 0 aliphatic heterocycles. The molecule has 0 radical (unpaired) electrons. The van der Waals surface area contributed by atoms with E-state index in [9.17, 15) is 14.4 Å². The maximum atomic E-state index is 12.2. The van der Waals surface area contributed by atoms with Crippen LogP contribution < -0.4 is 22.5 Å². The highest BCUT2D eigenvalue weighted by Crippen LogP contribution is 2.20. The summed E-state index contributed by atoms with van der Waals surface area (Å²) in [5, 5.41) is 9.77. The lowest BCUT2D eigenvalue weighted by atomic mass is 10.2. The number of hydrogen-bond donors (Lipinski definition) is 3. The highest BCUT2D eigenvalue weighted by molar-refractivity contribution is 8.00. The second-order valence-electron chi connectivity index (χ2n) is 4.93. The van der Waals surface area contributed by atoms with Crippen molar-refractivity contribution in [2.24, 2.45) is 5.73 Å². The minimum Gasteiger partial charge on any atom is -0.366 e. The van der Waals surface area contributed by atoms with E-state index in [1.165, 1.54) is 19.1 Å². The number of benzene rings is 1. The minimum atomic E-state index is -0.577. The van der Waals surface area contributed by atoms with Gasteiger partial charge in [-0.25, -0.2) is 0 Å². The molecule has 2 rings (SSSR count). The Kier molecular flexibility index (Phi) is 5.19. The fourth-order valence-corrected chi connectivity index (χ4v) is 2.49. The second kappa shape index (κ2) is 7.13. The van der Waals surface area contributed by atoms with E-state index < -0.39 is 16.7 Å². The molecule has 2 aromatic rings. The average Bonchev–Trinajstić information content (AvgIpc) is 2.55. The molecular weight excluding hydrogens is 332 g/mol. The molecule has 10 heteroatoms. The fourth-order valence-electron chi connectivity index (χ4n) is 1.72. The van der Waals surface area contributed by atoms with Crippen LogP contribution in [0.5, 0.6) is 0 Å². The van der Waals surface area contributed by atoms with E-state index in [1.807, 2.05) is 0 Å². The smallest absolute Gasteiger partial charge is 0.294 e. The van der Waals surface area contributed by atoms with Crippen molar-refractivity contribution >= 4 is 29.3 Å². The standard InChI is InChI=1S/C14H16N6O3S/c1-7-13(23)20(16)14(19-18-7)24-8(2)12(22)17-10-5-3-9(4-6-10)11(15)21/h3-6,8H,16H2,1-2H3,(H2,15,21)(H,17,22)/t8-/m0/s1. The van der Waals surface area contributed by atoms with Gasteiger partial charge in [0.1, 0.15) is 5.69 Å². The van der Waals surface area contributed by atoms with Crippen LogP contribution in [0, 0.1) is 6.92 Å². The Balaban J connectivity index is 2.06. The van der Waals surface area contributed by atoms with Crippen molar-refractivity contribution in [1.29, 1.82) is 0 Å². The summed E-state index contributed by atoms with van der Waals surface area (Å²) in [4.78, 5) is 34.9. The molecule has 2 amide bonds. The van der Waals surface area contributed by atoms with Gasteiger partial charge < -0.3 is 16.9 Å². The molecule has 0 saturated carbocycles. The van der Waals surface area contributed by atoms with Crippen LogP contribution in [0.1, 0.15) is 23.0 Å². The first kappa shape index (κ1) is 17.5.